The first-order chi connectivity index (χ1) is 8.88. The topological polar surface area (TPSA) is 45.0 Å². The molecule has 1 heterocycles. The quantitative estimate of drug-likeness (QED) is 0.827. The van der Waals surface area contributed by atoms with Crippen molar-refractivity contribution < 1.29 is 4.74 Å². The summed E-state index contributed by atoms with van der Waals surface area (Å²) in [5.74, 6) is 0.790. The Morgan fingerprint density at radius 3 is 2.50 bits per heavy atom. The predicted octanol–water partition coefficient (Wildman–Crippen LogP) is 3.12. The van der Waals surface area contributed by atoms with Gasteiger partial charge in [-0.3, -0.25) is 0 Å². The van der Waals surface area contributed by atoms with Crippen LogP contribution in [0.4, 0.5) is 5.69 Å². The molecule has 2 aromatic rings. The standard InChI is InChI=1S/C15H12N2O/c16-10-13-15(11-6-2-1-3-7-11)18-14-9-5-4-8-12(14)17-13/h1-9,13,15,17H. The summed E-state index contributed by atoms with van der Waals surface area (Å²) in [5, 5.41) is 12.5. The Morgan fingerprint density at radius 2 is 1.72 bits per heavy atom. The second-order valence-electron chi connectivity index (χ2n) is 4.20. The number of benzene rings is 2. The van der Waals surface area contributed by atoms with Crippen LogP contribution in [0.3, 0.4) is 0 Å². The highest BCUT2D eigenvalue weighted by atomic mass is 16.5. The van der Waals surface area contributed by atoms with Crippen LogP contribution in [0.1, 0.15) is 11.7 Å². The molecule has 0 fully saturated rings. The molecule has 0 amide bonds. The van der Waals surface area contributed by atoms with E-state index in [0.29, 0.717) is 0 Å². The molecule has 2 unspecified atom stereocenters. The van der Waals surface area contributed by atoms with Crippen LogP contribution >= 0.6 is 0 Å². The van der Waals surface area contributed by atoms with Crippen LogP contribution in [0, 0.1) is 11.3 Å². The Kier molecular flexibility index (Phi) is 2.62. The average Bonchev–Trinajstić information content (AvgIpc) is 2.46. The van der Waals surface area contributed by atoms with Crippen LogP contribution in [0.5, 0.6) is 5.75 Å². The monoisotopic (exact) mass is 236 g/mol. The molecule has 2 aromatic carbocycles. The van der Waals surface area contributed by atoms with Crippen LogP contribution in [-0.4, -0.2) is 6.04 Å². The van der Waals surface area contributed by atoms with E-state index < -0.39 is 0 Å². The fraction of sp³-hybridized carbons (Fsp3) is 0.133. The minimum Gasteiger partial charge on any atom is -0.480 e. The Hall–Kier alpha value is -2.47. The average molecular weight is 236 g/mol. The van der Waals surface area contributed by atoms with E-state index in [2.05, 4.69) is 11.4 Å². The summed E-state index contributed by atoms with van der Waals surface area (Å²) < 4.78 is 5.94. The highest BCUT2D eigenvalue weighted by Crippen LogP contribution is 2.36. The Morgan fingerprint density at radius 1 is 1.00 bits per heavy atom. The summed E-state index contributed by atoms with van der Waals surface area (Å²) >= 11 is 0. The van der Waals surface area contributed by atoms with Crippen LogP contribution in [0.15, 0.2) is 54.6 Å². The van der Waals surface area contributed by atoms with Crippen LogP contribution < -0.4 is 10.1 Å². The molecule has 0 bridgehead atoms. The van der Waals surface area contributed by atoms with Gasteiger partial charge in [0, 0.05) is 0 Å². The molecule has 0 saturated carbocycles. The highest BCUT2D eigenvalue weighted by Gasteiger charge is 2.30. The maximum atomic E-state index is 9.26. The van der Waals surface area contributed by atoms with E-state index in [1.54, 1.807) is 0 Å². The molecule has 0 saturated heterocycles. The van der Waals surface area contributed by atoms with E-state index in [-0.39, 0.29) is 12.1 Å². The summed E-state index contributed by atoms with van der Waals surface area (Å²) in [6.45, 7) is 0. The molecular formula is C15H12N2O. The van der Waals surface area contributed by atoms with Gasteiger partial charge in [0.05, 0.1) is 11.8 Å². The SMILES string of the molecule is N#CC1Nc2ccccc2OC1c1ccccc1. The number of rotatable bonds is 1. The number of hydrogen-bond donors (Lipinski definition) is 1. The molecule has 1 aliphatic rings. The molecule has 0 radical (unpaired) electrons. The zero-order chi connectivity index (χ0) is 12.4. The third kappa shape index (κ3) is 1.78. The van der Waals surface area contributed by atoms with Gasteiger partial charge in [-0.1, -0.05) is 42.5 Å². The van der Waals surface area contributed by atoms with Gasteiger partial charge in [-0.05, 0) is 17.7 Å². The minimum atomic E-state index is -0.373. The zero-order valence-corrected chi connectivity index (χ0v) is 9.71. The van der Waals surface area contributed by atoms with Gasteiger partial charge >= 0.3 is 0 Å². The Labute approximate surface area is 106 Å². The van der Waals surface area contributed by atoms with Crippen LogP contribution in [-0.2, 0) is 0 Å². The number of fused-ring (bicyclic) bond motifs is 1. The number of para-hydroxylation sites is 2. The Balaban J connectivity index is 1.99. The molecule has 2 atom stereocenters. The number of hydrogen-bond acceptors (Lipinski definition) is 3. The first-order valence-corrected chi connectivity index (χ1v) is 5.85. The van der Waals surface area contributed by atoms with E-state index in [4.69, 9.17) is 4.74 Å². The lowest BCUT2D eigenvalue weighted by Gasteiger charge is -2.31. The van der Waals surface area contributed by atoms with Crippen molar-refractivity contribution in [2.24, 2.45) is 0 Å². The number of nitriles is 1. The van der Waals surface area contributed by atoms with E-state index >= 15 is 0 Å². The molecular weight excluding hydrogens is 224 g/mol. The third-order valence-electron chi connectivity index (χ3n) is 3.02. The lowest BCUT2D eigenvalue weighted by Crippen LogP contribution is -2.33. The smallest absolute Gasteiger partial charge is 0.157 e. The molecule has 3 rings (SSSR count). The van der Waals surface area contributed by atoms with Crippen molar-refractivity contribution in [3.8, 4) is 11.8 Å². The van der Waals surface area contributed by atoms with E-state index in [1.165, 1.54) is 0 Å². The second-order valence-corrected chi connectivity index (χ2v) is 4.20. The minimum absolute atomic E-state index is 0.272. The van der Waals surface area contributed by atoms with Crippen molar-refractivity contribution in [2.75, 3.05) is 5.32 Å². The normalized spacial score (nSPS) is 21.1. The first kappa shape index (κ1) is 10.7. The largest absolute Gasteiger partial charge is 0.480 e. The Bertz CT molecular complexity index is 589. The predicted molar refractivity (Wildman–Crippen MR) is 69.3 cm³/mol. The van der Waals surface area contributed by atoms with Crippen molar-refractivity contribution >= 4 is 5.69 Å². The van der Waals surface area contributed by atoms with Crippen molar-refractivity contribution in [1.82, 2.24) is 0 Å². The second kappa shape index (κ2) is 4.42. The first-order valence-electron chi connectivity index (χ1n) is 5.85. The number of nitrogens with zero attached hydrogens (tertiary/aromatic N) is 1. The van der Waals surface area contributed by atoms with Gasteiger partial charge in [0.15, 0.2) is 12.1 Å². The van der Waals surface area contributed by atoms with Gasteiger partial charge in [0.25, 0.3) is 0 Å². The van der Waals surface area contributed by atoms with E-state index in [0.717, 1.165) is 17.0 Å². The molecule has 88 valence electrons. The van der Waals surface area contributed by atoms with E-state index in [1.807, 2.05) is 54.6 Å². The fourth-order valence-electron chi connectivity index (χ4n) is 2.14. The molecule has 3 heteroatoms. The lowest BCUT2D eigenvalue weighted by atomic mass is 10.0. The molecule has 0 aliphatic carbocycles. The summed E-state index contributed by atoms with van der Waals surface area (Å²) in [6.07, 6.45) is -0.272. The zero-order valence-electron chi connectivity index (χ0n) is 9.71. The van der Waals surface area contributed by atoms with Crippen molar-refractivity contribution in [2.45, 2.75) is 12.1 Å². The number of ether oxygens (including phenoxy) is 1. The maximum absolute atomic E-state index is 9.26. The maximum Gasteiger partial charge on any atom is 0.157 e. The van der Waals surface area contributed by atoms with Gasteiger partial charge < -0.3 is 10.1 Å². The molecule has 0 aromatic heterocycles. The summed E-state index contributed by atoms with van der Waals surface area (Å²) in [5.41, 5.74) is 1.88. The third-order valence-corrected chi connectivity index (χ3v) is 3.02. The van der Waals surface area contributed by atoms with Gasteiger partial charge in [-0.2, -0.15) is 5.26 Å². The molecule has 1 aliphatic heterocycles. The number of anilines is 1. The highest BCUT2D eigenvalue weighted by molar-refractivity contribution is 5.60. The van der Waals surface area contributed by atoms with E-state index in [9.17, 15) is 5.26 Å². The van der Waals surface area contributed by atoms with Gasteiger partial charge in [0.2, 0.25) is 0 Å². The van der Waals surface area contributed by atoms with Crippen LogP contribution in [0.2, 0.25) is 0 Å². The van der Waals surface area contributed by atoms with Gasteiger partial charge in [-0.25, -0.2) is 0 Å². The molecule has 1 N–H and O–H groups in total. The van der Waals surface area contributed by atoms with Crippen molar-refractivity contribution in [3.05, 3.63) is 60.2 Å². The molecule has 0 spiro atoms. The molecule has 18 heavy (non-hydrogen) atoms. The summed E-state index contributed by atoms with van der Waals surface area (Å²) in [7, 11) is 0. The van der Waals surface area contributed by atoms with Gasteiger partial charge in [-0.15, -0.1) is 0 Å². The molecule has 3 nitrogen and oxygen atoms in total. The fourth-order valence-corrected chi connectivity index (χ4v) is 2.14. The lowest BCUT2D eigenvalue weighted by molar-refractivity contribution is 0.189. The van der Waals surface area contributed by atoms with Crippen molar-refractivity contribution in [1.29, 1.82) is 5.26 Å². The summed E-state index contributed by atoms with van der Waals surface area (Å²) in [4.78, 5) is 0. The summed E-state index contributed by atoms with van der Waals surface area (Å²) in [6, 6.07) is 19.4. The van der Waals surface area contributed by atoms with Crippen molar-refractivity contribution in [3.63, 3.8) is 0 Å². The van der Waals surface area contributed by atoms with Crippen LogP contribution in [0.25, 0.3) is 0 Å². The number of nitrogens with one attached hydrogen (secondary N) is 1. The van der Waals surface area contributed by atoms with Gasteiger partial charge in [0.1, 0.15) is 5.75 Å².